The van der Waals surface area contributed by atoms with Crippen molar-refractivity contribution in [3.63, 3.8) is 0 Å². The van der Waals surface area contributed by atoms with Crippen LogP contribution in [0.15, 0.2) is 30.9 Å². The van der Waals surface area contributed by atoms with Crippen LogP contribution in [-0.2, 0) is 9.59 Å². The Balaban J connectivity index is 2.27. The number of amides is 2. The topological polar surface area (TPSA) is 102 Å². The number of fused-ring (bicyclic) bond motifs is 1. The molecule has 0 atom stereocenters. The van der Waals surface area contributed by atoms with E-state index in [4.69, 9.17) is 4.74 Å². The number of nitrogens with zero attached hydrogens (tertiary/aromatic N) is 2. The van der Waals surface area contributed by atoms with Gasteiger partial charge in [0.05, 0.1) is 10.6 Å². The molecule has 0 saturated heterocycles. The fourth-order valence-electron chi connectivity index (χ4n) is 1.86. The quantitative estimate of drug-likeness (QED) is 0.487. The largest absolute Gasteiger partial charge is 0.482 e. The van der Waals surface area contributed by atoms with Crippen molar-refractivity contribution in [1.29, 1.82) is 0 Å². The molecule has 0 fully saturated rings. The number of ether oxygens (including phenoxy) is 1. The van der Waals surface area contributed by atoms with Crippen LogP contribution in [0, 0.1) is 10.1 Å². The van der Waals surface area contributed by atoms with Gasteiger partial charge >= 0.3 is 0 Å². The molecule has 8 heteroatoms. The first-order valence-corrected chi connectivity index (χ1v) is 6.12. The first kappa shape index (κ1) is 14.5. The second-order valence-corrected chi connectivity index (χ2v) is 4.27. The van der Waals surface area contributed by atoms with Gasteiger partial charge in [0, 0.05) is 18.7 Å². The summed E-state index contributed by atoms with van der Waals surface area (Å²) in [5.41, 5.74) is 0.0396. The number of carbonyl (C=O) groups is 2. The fraction of sp³-hybridized carbons (Fsp3) is 0.231. The van der Waals surface area contributed by atoms with Gasteiger partial charge in [0.15, 0.2) is 6.61 Å². The second-order valence-electron chi connectivity index (χ2n) is 4.27. The minimum Gasteiger partial charge on any atom is -0.482 e. The number of nitro groups is 1. The molecule has 110 valence electrons. The molecule has 1 aliphatic rings. The van der Waals surface area contributed by atoms with Gasteiger partial charge in [0.25, 0.3) is 11.6 Å². The van der Waals surface area contributed by atoms with Crippen molar-refractivity contribution in [3.05, 3.63) is 41.0 Å². The molecule has 2 amide bonds. The Hall–Kier alpha value is -2.90. The predicted octanol–water partition coefficient (Wildman–Crippen LogP) is 0.622. The number of nitro benzene ring substituents is 1. The monoisotopic (exact) mass is 291 g/mol. The molecular formula is C13H13N3O5. The standard InChI is InChI=1S/C13H13N3O5/c1-2-5-14-12(17)7-15-10-6-9(16(19)20)3-4-11(10)21-8-13(15)18/h2-4,6H,1,5,7-8H2,(H,14,17). The van der Waals surface area contributed by atoms with E-state index in [0.29, 0.717) is 5.75 Å². The smallest absolute Gasteiger partial charge is 0.271 e. The molecule has 1 aromatic rings. The number of hydrogen-bond donors (Lipinski definition) is 1. The summed E-state index contributed by atoms with van der Waals surface area (Å²) in [7, 11) is 0. The van der Waals surface area contributed by atoms with E-state index in [1.807, 2.05) is 0 Å². The van der Waals surface area contributed by atoms with E-state index in [1.165, 1.54) is 29.2 Å². The van der Waals surface area contributed by atoms with Crippen LogP contribution >= 0.6 is 0 Å². The lowest BCUT2D eigenvalue weighted by atomic mass is 10.2. The molecule has 0 bridgehead atoms. The number of hydrogen-bond acceptors (Lipinski definition) is 5. The Morgan fingerprint density at radius 1 is 1.57 bits per heavy atom. The number of nitrogens with one attached hydrogen (secondary N) is 1. The fourth-order valence-corrected chi connectivity index (χ4v) is 1.86. The summed E-state index contributed by atoms with van der Waals surface area (Å²) in [4.78, 5) is 35.0. The van der Waals surface area contributed by atoms with E-state index in [0.717, 1.165) is 0 Å². The zero-order valence-corrected chi connectivity index (χ0v) is 11.1. The molecule has 2 rings (SSSR count). The van der Waals surface area contributed by atoms with E-state index in [1.54, 1.807) is 0 Å². The molecule has 1 heterocycles. The summed E-state index contributed by atoms with van der Waals surface area (Å²) in [5.74, 6) is -0.490. The third kappa shape index (κ3) is 3.16. The molecule has 1 aromatic carbocycles. The summed E-state index contributed by atoms with van der Waals surface area (Å²) >= 11 is 0. The van der Waals surface area contributed by atoms with Crippen LogP contribution in [0.4, 0.5) is 11.4 Å². The summed E-state index contributed by atoms with van der Waals surface area (Å²) < 4.78 is 5.20. The zero-order chi connectivity index (χ0) is 15.4. The molecule has 0 radical (unpaired) electrons. The van der Waals surface area contributed by atoms with Gasteiger partial charge < -0.3 is 10.1 Å². The highest BCUT2D eigenvalue weighted by Crippen LogP contribution is 2.34. The number of carbonyl (C=O) groups excluding carboxylic acids is 2. The predicted molar refractivity (Wildman–Crippen MR) is 74.2 cm³/mol. The van der Waals surface area contributed by atoms with Crippen LogP contribution in [0.1, 0.15) is 0 Å². The first-order chi connectivity index (χ1) is 10.0. The highest BCUT2D eigenvalue weighted by Gasteiger charge is 2.28. The molecular weight excluding hydrogens is 278 g/mol. The van der Waals surface area contributed by atoms with E-state index >= 15 is 0 Å². The van der Waals surface area contributed by atoms with E-state index < -0.39 is 10.8 Å². The van der Waals surface area contributed by atoms with Gasteiger partial charge in [-0.15, -0.1) is 6.58 Å². The highest BCUT2D eigenvalue weighted by molar-refractivity contribution is 6.02. The van der Waals surface area contributed by atoms with Crippen molar-refractivity contribution >= 4 is 23.2 Å². The maximum Gasteiger partial charge on any atom is 0.271 e. The highest BCUT2D eigenvalue weighted by atomic mass is 16.6. The number of non-ortho nitro benzene ring substituents is 1. The Bertz CT molecular complexity index is 614. The molecule has 0 saturated carbocycles. The van der Waals surface area contributed by atoms with Crippen molar-refractivity contribution in [2.75, 3.05) is 24.6 Å². The van der Waals surface area contributed by atoms with E-state index in [-0.39, 0.29) is 37.0 Å². The average Bonchev–Trinajstić information content (AvgIpc) is 2.47. The Morgan fingerprint density at radius 3 is 3.00 bits per heavy atom. The number of anilines is 1. The van der Waals surface area contributed by atoms with Gasteiger partial charge in [-0.2, -0.15) is 0 Å². The number of rotatable bonds is 5. The van der Waals surface area contributed by atoms with Crippen molar-refractivity contribution in [2.45, 2.75) is 0 Å². The van der Waals surface area contributed by atoms with Crippen molar-refractivity contribution in [1.82, 2.24) is 5.32 Å². The Morgan fingerprint density at radius 2 is 2.33 bits per heavy atom. The van der Waals surface area contributed by atoms with Gasteiger partial charge in [0.1, 0.15) is 12.3 Å². The van der Waals surface area contributed by atoms with Crippen LogP contribution in [0.3, 0.4) is 0 Å². The molecule has 0 aromatic heterocycles. The number of benzene rings is 1. The molecule has 8 nitrogen and oxygen atoms in total. The molecule has 1 aliphatic heterocycles. The zero-order valence-electron chi connectivity index (χ0n) is 11.1. The molecule has 21 heavy (non-hydrogen) atoms. The summed E-state index contributed by atoms with van der Waals surface area (Å²) in [6.45, 7) is 3.31. The van der Waals surface area contributed by atoms with Crippen LogP contribution < -0.4 is 15.0 Å². The van der Waals surface area contributed by atoms with Crippen LogP contribution in [0.2, 0.25) is 0 Å². The average molecular weight is 291 g/mol. The van der Waals surface area contributed by atoms with Gasteiger partial charge in [-0.05, 0) is 6.07 Å². The third-order valence-corrected chi connectivity index (χ3v) is 2.84. The third-order valence-electron chi connectivity index (χ3n) is 2.84. The van der Waals surface area contributed by atoms with Gasteiger partial charge in [0.2, 0.25) is 5.91 Å². The molecule has 1 N–H and O–H groups in total. The van der Waals surface area contributed by atoms with E-state index in [2.05, 4.69) is 11.9 Å². The summed E-state index contributed by atoms with van der Waals surface area (Å²) in [6.07, 6.45) is 1.51. The first-order valence-electron chi connectivity index (χ1n) is 6.12. The maximum absolute atomic E-state index is 11.9. The Kier molecular flexibility index (Phi) is 4.17. The minimum atomic E-state index is -0.574. The molecule has 0 unspecified atom stereocenters. The van der Waals surface area contributed by atoms with Gasteiger partial charge in [-0.25, -0.2) is 0 Å². The lowest BCUT2D eigenvalue weighted by Crippen LogP contribution is -2.45. The molecule has 0 aliphatic carbocycles. The Labute approximate surface area is 120 Å². The molecule has 0 spiro atoms. The van der Waals surface area contributed by atoms with Crippen molar-refractivity contribution in [3.8, 4) is 5.75 Å². The van der Waals surface area contributed by atoms with Crippen molar-refractivity contribution < 1.29 is 19.2 Å². The van der Waals surface area contributed by atoms with Crippen LogP contribution in [0.25, 0.3) is 0 Å². The maximum atomic E-state index is 11.9. The summed E-state index contributed by atoms with van der Waals surface area (Å²) in [5, 5.41) is 13.4. The van der Waals surface area contributed by atoms with Gasteiger partial charge in [-0.1, -0.05) is 6.08 Å². The summed E-state index contributed by atoms with van der Waals surface area (Å²) in [6, 6.07) is 3.91. The lowest BCUT2D eigenvalue weighted by molar-refractivity contribution is -0.384. The van der Waals surface area contributed by atoms with Crippen LogP contribution in [-0.4, -0.2) is 36.4 Å². The normalized spacial score (nSPS) is 13.1. The van der Waals surface area contributed by atoms with E-state index in [9.17, 15) is 19.7 Å². The second kappa shape index (κ2) is 6.04. The van der Waals surface area contributed by atoms with Gasteiger partial charge in [-0.3, -0.25) is 24.6 Å². The van der Waals surface area contributed by atoms with Crippen molar-refractivity contribution in [2.24, 2.45) is 0 Å². The SMILES string of the molecule is C=CCNC(=O)CN1C(=O)COc2ccc([N+](=O)[O-])cc21. The van der Waals surface area contributed by atoms with Crippen LogP contribution in [0.5, 0.6) is 5.75 Å². The minimum absolute atomic E-state index is 0.177. The lowest BCUT2D eigenvalue weighted by Gasteiger charge is -2.28.